The number of amides is 1. The van der Waals surface area contributed by atoms with E-state index in [0.29, 0.717) is 6.54 Å². The fourth-order valence-electron chi connectivity index (χ4n) is 2.29. The van der Waals surface area contributed by atoms with Crippen LogP contribution in [-0.4, -0.2) is 18.1 Å². The van der Waals surface area contributed by atoms with Crippen LogP contribution in [0.3, 0.4) is 0 Å². The first-order valence-corrected chi connectivity index (χ1v) is 7.23. The maximum absolute atomic E-state index is 11.9. The number of methoxy groups -OCH3 is 1. The molecule has 0 bridgehead atoms. The summed E-state index contributed by atoms with van der Waals surface area (Å²) < 4.78 is 5.21. The maximum Gasteiger partial charge on any atom is 0.223 e. The molecule has 0 heterocycles. The summed E-state index contributed by atoms with van der Waals surface area (Å²) >= 11 is 0. The molecule has 116 valence electrons. The number of aliphatic hydroxyl groups excluding tert-OH is 1. The Labute approximate surface area is 130 Å². The van der Waals surface area contributed by atoms with E-state index in [-0.39, 0.29) is 12.3 Å². The van der Waals surface area contributed by atoms with Crippen LogP contribution in [0.5, 0.6) is 5.75 Å². The number of carbonyl (C=O) groups excluding carboxylic acids is 1. The van der Waals surface area contributed by atoms with E-state index in [1.165, 1.54) is 0 Å². The number of aryl methyl sites for hydroxylation is 1. The van der Waals surface area contributed by atoms with E-state index in [2.05, 4.69) is 5.32 Å². The Morgan fingerprint density at radius 2 is 1.95 bits per heavy atom. The highest BCUT2D eigenvalue weighted by molar-refractivity contribution is 5.76. The predicted molar refractivity (Wildman–Crippen MR) is 85.6 cm³/mol. The van der Waals surface area contributed by atoms with Crippen LogP contribution < -0.4 is 10.1 Å². The first-order chi connectivity index (χ1) is 10.6. The number of carbonyl (C=O) groups is 1. The van der Waals surface area contributed by atoms with Crippen molar-refractivity contribution in [3.8, 4) is 5.75 Å². The molecule has 1 unspecified atom stereocenters. The van der Waals surface area contributed by atoms with E-state index in [9.17, 15) is 9.90 Å². The molecule has 22 heavy (non-hydrogen) atoms. The molecular weight excluding hydrogens is 278 g/mol. The lowest BCUT2D eigenvalue weighted by atomic mass is 10.1. The molecule has 1 amide bonds. The minimum atomic E-state index is -0.784. The van der Waals surface area contributed by atoms with Crippen molar-refractivity contribution in [2.24, 2.45) is 0 Å². The number of rotatable bonds is 6. The number of ether oxygens (including phenoxy) is 1. The first-order valence-electron chi connectivity index (χ1n) is 7.23. The minimum Gasteiger partial charge on any atom is -0.497 e. The van der Waals surface area contributed by atoms with Crippen LogP contribution in [-0.2, 0) is 11.3 Å². The Kier molecular flexibility index (Phi) is 5.55. The van der Waals surface area contributed by atoms with Gasteiger partial charge < -0.3 is 15.2 Å². The lowest BCUT2D eigenvalue weighted by molar-refractivity contribution is -0.123. The number of nitrogens with one attached hydrogen (secondary N) is 1. The Hall–Kier alpha value is -2.33. The third-order valence-corrected chi connectivity index (χ3v) is 3.40. The monoisotopic (exact) mass is 299 g/mol. The van der Waals surface area contributed by atoms with Gasteiger partial charge in [0.25, 0.3) is 0 Å². The third-order valence-electron chi connectivity index (χ3n) is 3.40. The van der Waals surface area contributed by atoms with E-state index < -0.39 is 6.10 Å². The van der Waals surface area contributed by atoms with Gasteiger partial charge in [-0.1, -0.05) is 36.4 Å². The summed E-state index contributed by atoms with van der Waals surface area (Å²) in [6.45, 7) is 2.39. The molecule has 0 aromatic heterocycles. The molecule has 2 aromatic rings. The van der Waals surface area contributed by atoms with Crippen molar-refractivity contribution in [3.05, 3.63) is 65.2 Å². The summed E-state index contributed by atoms with van der Waals surface area (Å²) in [7, 11) is 1.62. The molecule has 0 fully saturated rings. The van der Waals surface area contributed by atoms with Gasteiger partial charge in [-0.3, -0.25) is 4.79 Å². The fourth-order valence-corrected chi connectivity index (χ4v) is 2.29. The van der Waals surface area contributed by atoms with Crippen molar-refractivity contribution in [3.63, 3.8) is 0 Å². The largest absolute Gasteiger partial charge is 0.497 e. The van der Waals surface area contributed by atoms with Gasteiger partial charge in [-0.2, -0.15) is 0 Å². The summed E-state index contributed by atoms with van der Waals surface area (Å²) in [5.74, 6) is 0.588. The van der Waals surface area contributed by atoms with E-state index in [1.807, 2.05) is 55.5 Å². The van der Waals surface area contributed by atoms with E-state index in [0.717, 1.165) is 22.4 Å². The van der Waals surface area contributed by atoms with Crippen molar-refractivity contribution >= 4 is 5.91 Å². The van der Waals surface area contributed by atoms with E-state index in [1.54, 1.807) is 7.11 Å². The molecule has 0 aliphatic carbocycles. The second-order valence-electron chi connectivity index (χ2n) is 5.27. The molecule has 1 atom stereocenters. The quantitative estimate of drug-likeness (QED) is 0.862. The summed E-state index contributed by atoms with van der Waals surface area (Å²) in [6, 6.07) is 15.0. The van der Waals surface area contributed by atoms with Gasteiger partial charge in [-0.05, 0) is 35.7 Å². The van der Waals surface area contributed by atoms with Gasteiger partial charge in [0.05, 0.1) is 19.6 Å². The molecule has 0 radical (unpaired) electrons. The van der Waals surface area contributed by atoms with Gasteiger partial charge in [-0.15, -0.1) is 0 Å². The van der Waals surface area contributed by atoms with Crippen LogP contribution in [0.2, 0.25) is 0 Å². The number of hydrogen-bond acceptors (Lipinski definition) is 3. The topological polar surface area (TPSA) is 58.6 Å². The SMILES string of the molecule is COc1cc(C)cc(CNC(=O)CC(O)c2ccccc2)c1. The summed E-state index contributed by atoms with van der Waals surface area (Å²) in [6.07, 6.45) is -0.735. The van der Waals surface area contributed by atoms with Gasteiger partial charge >= 0.3 is 0 Å². The highest BCUT2D eigenvalue weighted by Crippen LogP contribution is 2.17. The van der Waals surface area contributed by atoms with Crippen molar-refractivity contribution in [1.82, 2.24) is 5.32 Å². The highest BCUT2D eigenvalue weighted by Gasteiger charge is 2.12. The molecule has 0 spiro atoms. The molecule has 2 aromatic carbocycles. The van der Waals surface area contributed by atoms with Crippen molar-refractivity contribution in [2.75, 3.05) is 7.11 Å². The van der Waals surface area contributed by atoms with Gasteiger partial charge in [0.2, 0.25) is 5.91 Å². The maximum atomic E-state index is 11.9. The van der Waals surface area contributed by atoms with Crippen LogP contribution in [0, 0.1) is 6.92 Å². The van der Waals surface area contributed by atoms with Crippen molar-refractivity contribution in [1.29, 1.82) is 0 Å². The van der Waals surface area contributed by atoms with Crippen molar-refractivity contribution in [2.45, 2.75) is 26.0 Å². The third kappa shape index (κ3) is 4.60. The van der Waals surface area contributed by atoms with Crippen LogP contribution in [0.1, 0.15) is 29.2 Å². The summed E-state index contributed by atoms with van der Waals surface area (Å²) in [5.41, 5.74) is 2.79. The molecular formula is C18H21NO3. The molecule has 0 saturated heterocycles. The standard InChI is InChI=1S/C18H21NO3/c1-13-8-14(10-16(9-13)22-2)12-19-18(21)11-17(20)15-6-4-3-5-7-15/h3-10,17,20H,11-12H2,1-2H3,(H,19,21). The Morgan fingerprint density at radius 1 is 1.23 bits per heavy atom. The average Bonchev–Trinajstić information content (AvgIpc) is 2.53. The van der Waals surface area contributed by atoms with Crippen LogP contribution in [0.4, 0.5) is 0 Å². The lowest BCUT2D eigenvalue weighted by Gasteiger charge is -2.12. The molecule has 2 rings (SSSR count). The van der Waals surface area contributed by atoms with Gasteiger partial charge in [0.1, 0.15) is 5.75 Å². The highest BCUT2D eigenvalue weighted by atomic mass is 16.5. The minimum absolute atomic E-state index is 0.0486. The molecule has 0 saturated carbocycles. The predicted octanol–water partition coefficient (Wildman–Crippen LogP) is 2.74. The van der Waals surface area contributed by atoms with Crippen LogP contribution >= 0.6 is 0 Å². The molecule has 0 aliphatic heterocycles. The zero-order valence-corrected chi connectivity index (χ0v) is 12.9. The molecule has 4 heteroatoms. The zero-order chi connectivity index (χ0) is 15.9. The molecule has 0 aliphatic rings. The lowest BCUT2D eigenvalue weighted by Crippen LogP contribution is -2.24. The Morgan fingerprint density at radius 3 is 2.64 bits per heavy atom. The van der Waals surface area contributed by atoms with E-state index >= 15 is 0 Å². The smallest absolute Gasteiger partial charge is 0.223 e. The fraction of sp³-hybridized carbons (Fsp3) is 0.278. The van der Waals surface area contributed by atoms with Gasteiger partial charge in [-0.25, -0.2) is 0 Å². The van der Waals surface area contributed by atoms with Gasteiger partial charge in [0.15, 0.2) is 0 Å². The molecule has 2 N–H and O–H groups in total. The number of hydrogen-bond donors (Lipinski definition) is 2. The van der Waals surface area contributed by atoms with E-state index in [4.69, 9.17) is 4.74 Å². The average molecular weight is 299 g/mol. The second kappa shape index (κ2) is 7.61. The van der Waals surface area contributed by atoms with Gasteiger partial charge in [0, 0.05) is 6.54 Å². The number of aliphatic hydroxyl groups is 1. The Balaban J connectivity index is 1.89. The van der Waals surface area contributed by atoms with Crippen molar-refractivity contribution < 1.29 is 14.6 Å². The van der Waals surface area contributed by atoms with Crippen LogP contribution in [0.15, 0.2) is 48.5 Å². The zero-order valence-electron chi connectivity index (χ0n) is 12.9. The summed E-state index contributed by atoms with van der Waals surface area (Å²) in [4.78, 5) is 11.9. The Bertz CT molecular complexity index is 625. The first kappa shape index (κ1) is 16.0. The summed E-state index contributed by atoms with van der Waals surface area (Å²) in [5, 5.41) is 12.9. The normalized spacial score (nSPS) is 11.8. The second-order valence-corrected chi connectivity index (χ2v) is 5.27. The number of benzene rings is 2. The molecule has 4 nitrogen and oxygen atoms in total. The van der Waals surface area contributed by atoms with Crippen LogP contribution in [0.25, 0.3) is 0 Å².